The number of rotatable bonds is 9. The van der Waals surface area contributed by atoms with Gasteiger partial charge in [-0.05, 0) is 91.1 Å². The van der Waals surface area contributed by atoms with E-state index in [1.165, 1.54) is 17.2 Å². The Bertz CT molecular complexity index is 1570. The van der Waals surface area contributed by atoms with Gasteiger partial charge in [0.1, 0.15) is 0 Å². The number of halogens is 3. The topological polar surface area (TPSA) is 78.5 Å². The van der Waals surface area contributed by atoms with Gasteiger partial charge in [-0.2, -0.15) is 13.2 Å². The molecule has 10 heteroatoms. The molecule has 0 aromatic heterocycles. The predicted molar refractivity (Wildman–Crippen MR) is 161 cm³/mol. The van der Waals surface area contributed by atoms with Crippen LogP contribution in [0.4, 0.5) is 18.9 Å². The van der Waals surface area contributed by atoms with E-state index < -0.39 is 32.7 Å². The fraction of sp³-hybridized carbons (Fsp3) is 0.424. The second-order valence-corrected chi connectivity index (χ2v) is 13.7. The summed E-state index contributed by atoms with van der Waals surface area (Å²) in [5.41, 5.74) is 3.61. The van der Waals surface area contributed by atoms with Gasteiger partial charge >= 0.3 is 6.18 Å². The quantitative estimate of drug-likeness (QED) is 0.287. The fourth-order valence-electron chi connectivity index (χ4n) is 6.13. The number of carbonyl (C=O) groups excluding carboxylic acids is 1. The largest absolute Gasteiger partial charge is 0.416 e. The molecule has 0 fully saturated rings. The van der Waals surface area contributed by atoms with Crippen LogP contribution in [0.25, 0.3) is 0 Å². The molecule has 5 rings (SSSR count). The highest BCUT2D eigenvalue weighted by molar-refractivity contribution is 7.92. The van der Waals surface area contributed by atoms with Gasteiger partial charge in [-0.3, -0.25) is 9.10 Å². The van der Waals surface area contributed by atoms with Crippen LogP contribution in [0.3, 0.4) is 0 Å². The van der Waals surface area contributed by atoms with Crippen molar-refractivity contribution in [2.24, 2.45) is 5.92 Å². The molecule has 0 saturated heterocycles. The standard InChI is InChI=1S/C33H38F3N3O3S/c1-22(2)20-37-21-23-13-16-29-25(17-23)8-5-11-30(29)38-32(40)19-27-15-14-24-7-3-4-12-31(24)39(27)43(41,42)28-10-6-9-26(18-28)33(34,35)36/h3-4,6-7,9-10,12-13,16-18,22,27,30,37H,5,8,11,14-15,19-21H2,1-2H3,(H,38,40)/t27?,30-/m1/s1. The van der Waals surface area contributed by atoms with E-state index in [4.69, 9.17) is 0 Å². The second-order valence-electron chi connectivity index (χ2n) is 11.9. The van der Waals surface area contributed by atoms with Gasteiger partial charge in [0.25, 0.3) is 10.0 Å². The minimum Gasteiger partial charge on any atom is -0.349 e. The zero-order valence-corrected chi connectivity index (χ0v) is 25.3. The normalized spacial score (nSPS) is 18.7. The number of alkyl halides is 3. The molecule has 1 unspecified atom stereocenters. The number of carbonyl (C=O) groups is 1. The molecule has 1 aliphatic heterocycles. The number of amides is 1. The van der Waals surface area contributed by atoms with Crippen LogP contribution in [0.15, 0.2) is 71.6 Å². The molecule has 43 heavy (non-hydrogen) atoms. The van der Waals surface area contributed by atoms with Crippen molar-refractivity contribution in [1.29, 1.82) is 0 Å². The molecule has 0 bridgehead atoms. The molecule has 6 nitrogen and oxygen atoms in total. The number of sulfonamides is 1. The van der Waals surface area contributed by atoms with E-state index in [-0.39, 0.29) is 18.4 Å². The first-order valence-corrected chi connectivity index (χ1v) is 16.3. The van der Waals surface area contributed by atoms with Gasteiger partial charge in [-0.1, -0.05) is 56.3 Å². The zero-order valence-electron chi connectivity index (χ0n) is 24.5. The SMILES string of the molecule is CC(C)CNCc1ccc2c(c1)CCC[C@H]2NC(=O)CC1CCc2ccccc2N1S(=O)(=O)c1cccc(C(F)(F)F)c1. The molecule has 0 spiro atoms. The first-order valence-electron chi connectivity index (χ1n) is 14.8. The molecule has 1 heterocycles. The molecule has 0 radical (unpaired) electrons. The number of fused-ring (bicyclic) bond motifs is 2. The second kappa shape index (κ2) is 12.7. The summed E-state index contributed by atoms with van der Waals surface area (Å²) in [6.45, 7) is 6.04. The number of para-hydroxylation sites is 1. The van der Waals surface area contributed by atoms with Crippen molar-refractivity contribution in [2.75, 3.05) is 10.8 Å². The average Bonchev–Trinajstić information content (AvgIpc) is 2.96. The molecule has 2 atom stereocenters. The van der Waals surface area contributed by atoms with Crippen LogP contribution in [0, 0.1) is 5.92 Å². The van der Waals surface area contributed by atoms with Gasteiger partial charge in [0.2, 0.25) is 5.91 Å². The lowest BCUT2D eigenvalue weighted by atomic mass is 9.86. The zero-order chi connectivity index (χ0) is 30.8. The Labute approximate surface area is 251 Å². The molecule has 3 aromatic carbocycles. The first-order chi connectivity index (χ1) is 20.4. The van der Waals surface area contributed by atoms with Gasteiger partial charge in [-0.25, -0.2) is 8.42 Å². The Hall–Kier alpha value is -3.37. The van der Waals surface area contributed by atoms with Gasteiger partial charge in [0.15, 0.2) is 0 Å². The molecule has 1 amide bonds. The lowest BCUT2D eigenvalue weighted by molar-refractivity contribution is -0.137. The average molecular weight is 614 g/mol. The summed E-state index contributed by atoms with van der Waals surface area (Å²) in [4.78, 5) is 13.0. The monoisotopic (exact) mass is 613 g/mol. The third kappa shape index (κ3) is 7.07. The van der Waals surface area contributed by atoms with Crippen molar-refractivity contribution >= 4 is 21.6 Å². The summed E-state index contributed by atoms with van der Waals surface area (Å²) in [5.74, 6) is 0.278. The smallest absolute Gasteiger partial charge is 0.349 e. The van der Waals surface area contributed by atoms with Gasteiger partial charge < -0.3 is 10.6 Å². The summed E-state index contributed by atoms with van der Waals surface area (Å²) in [5, 5.41) is 6.60. The van der Waals surface area contributed by atoms with Crippen LogP contribution >= 0.6 is 0 Å². The lowest BCUT2D eigenvalue weighted by Gasteiger charge is -2.38. The molecule has 2 N–H and O–H groups in total. The van der Waals surface area contributed by atoms with Crippen molar-refractivity contribution < 1.29 is 26.4 Å². The van der Waals surface area contributed by atoms with Crippen molar-refractivity contribution in [1.82, 2.24) is 10.6 Å². The third-order valence-electron chi connectivity index (χ3n) is 8.19. The van der Waals surface area contributed by atoms with E-state index in [0.717, 1.165) is 59.9 Å². The molecule has 0 saturated carbocycles. The third-order valence-corrected chi connectivity index (χ3v) is 10.0. The maximum absolute atomic E-state index is 13.9. The Morgan fingerprint density at radius 3 is 2.53 bits per heavy atom. The number of hydrogen-bond acceptors (Lipinski definition) is 4. The van der Waals surface area contributed by atoms with Crippen molar-refractivity contribution in [3.05, 3.63) is 94.5 Å². The van der Waals surface area contributed by atoms with Gasteiger partial charge in [0, 0.05) is 13.0 Å². The maximum atomic E-state index is 13.9. The van der Waals surface area contributed by atoms with Crippen LogP contribution < -0.4 is 14.9 Å². The van der Waals surface area contributed by atoms with E-state index in [9.17, 15) is 26.4 Å². The van der Waals surface area contributed by atoms with Crippen LogP contribution in [0.2, 0.25) is 0 Å². The van der Waals surface area contributed by atoms with E-state index in [2.05, 4.69) is 42.7 Å². The Balaban J connectivity index is 1.36. The Kier molecular flexibility index (Phi) is 9.18. The van der Waals surface area contributed by atoms with E-state index in [1.54, 1.807) is 18.2 Å². The summed E-state index contributed by atoms with van der Waals surface area (Å²) >= 11 is 0. The predicted octanol–water partition coefficient (Wildman–Crippen LogP) is 6.55. The number of hydrogen-bond donors (Lipinski definition) is 2. The highest BCUT2D eigenvalue weighted by atomic mass is 32.2. The Morgan fingerprint density at radius 1 is 0.977 bits per heavy atom. The molecule has 230 valence electrons. The molecular formula is C33H38F3N3O3S. The van der Waals surface area contributed by atoms with Crippen LogP contribution in [0.1, 0.15) is 73.4 Å². The molecular weight excluding hydrogens is 575 g/mol. The number of nitrogens with one attached hydrogen (secondary N) is 2. The fourth-order valence-corrected chi connectivity index (χ4v) is 7.89. The number of benzene rings is 3. The lowest BCUT2D eigenvalue weighted by Crippen LogP contribution is -2.46. The summed E-state index contributed by atoms with van der Waals surface area (Å²) < 4.78 is 69.4. The summed E-state index contributed by atoms with van der Waals surface area (Å²) in [7, 11) is -4.41. The molecule has 2 aliphatic rings. The van der Waals surface area contributed by atoms with Crippen molar-refractivity contribution in [3.8, 4) is 0 Å². The summed E-state index contributed by atoms with van der Waals surface area (Å²) in [6, 6.07) is 16.2. The molecule has 1 aliphatic carbocycles. The van der Waals surface area contributed by atoms with Crippen LogP contribution in [0.5, 0.6) is 0 Å². The number of nitrogens with zero attached hydrogens (tertiary/aromatic N) is 1. The maximum Gasteiger partial charge on any atom is 0.416 e. The summed E-state index contributed by atoms with van der Waals surface area (Å²) in [6.07, 6.45) is -1.22. The Morgan fingerprint density at radius 2 is 1.77 bits per heavy atom. The van der Waals surface area contributed by atoms with Crippen LogP contribution in [-0.2, 0) is 40.4 Å². The minimum absolute atomic E-state index is 0.102. The van der Waals surface area contributed by atoms with E-state index in [1.807, 2.05) is 6.07 Å². The molecule has 3 aromatic rings. The highest BCUT2D eigenvalue weighted by Crippen LogP contribution is 2.38. The number of anilines is 1. The van der Waals surface area contributed by atoms with E-state index >= 15 is 0 Å². The van der Waals surface area contributed by atoms with Crippen molar-refractivity contribution in [2.45, 2.75) is 82.1 Å². The van der Waals surface area contributed by atoms with Gasteiger partial charge in [-0.15, -0.1) is 0 Å². The van der Waals surface area contributed by atoms with E-state index in [0.29, 0.717) is 30.5 Å². The highest BCUT2D eigenvalue weighted by Gasteiger charge is 2.39. The first kappa shape index (κ1) is 31.1. The van der Waals surface area contributed by atoms with Crippen LogP contribution in [-0.4, -0.2) is 26.9 Å². The minimum atomic E-state index is -4.69. The number of aryl methyl sites for hydroxylation is 2. The van der Waals surface area contributed by atoms with Crippen molar-refractivity contribution in [3.63, 3.8) is 0 Å². The van der Waals surface area contributed by atoms with Gasteiger partial charge in [0.05, 0.1) is 28.2 Å².